The summed E-state index contributed by atoms with van der Waals surface area (Å²) in [4.78, 5) is 62.5. The zero-order chi connectivity index (χ0) is 27.5. The molecule has 0 atom stereocenters. The second kappa shape index (κ2) is 11.4. The second-order valence-electron chi connectivity index (χ2n) is 9.77. The Kier molecular flexibility index (Phi) is 7.75. The lowest BCUT2D eigenvalue weighted by Gasteiger charge is -2.39. The van der Waals surface area contributed by atoms with Crippen LogP contribution in [-0.2, 0) is 30.7 Å². The first-order chi connectivity index (χ1) is 18.8. The standard InChI is InChI=1S/C26H28F2N6O5/c27-19(28)10-6-14-32-22-17(15-21(35)34(25(22)37)16-7-5-8-16)24(36)33(26(32)38)13-4-2-11-20-30-23(39-31-20)18-9-1-3-12-29-18/h1,3,9,12,16,19H,2,4-8,10-11,13-15H2. The third kappa shape index (κ3) is 5.43. The molecule has 0 spiro atoms. The zero-order valence-electron chi connectivity index (χ0n) is 21.2. The van der Waals surface area contributed by atoms with Crippen LogP contribution >= 0.6 is 0 Å². The van der Waals surface area contributed by atoms with Gasteiger partial charge in [-0.3, -0.25) is 33.4 Å². The van der Waals surface area contributed by atoms with Crippen molar-refractivity contribution in [2.75, 3.05) is 0 Å². The molecular formula is C26H28F2N6O5. The topological polar surface area (TPSA) is 133 Å². The summed E-state index contributed by atoms with van der Waals surface area (Å²) >= 11 is 0. The molecule has 2 amide bonds. The van der Waals surface area contributed by atoms with Crippen LogP contribution < -0.4 is 11.2 Å². The summed E-state index contributed by atoms with van der Waals surface area (Å²) in [6.45, 7) is -0.122. The molecule has 5 rings (SSSR count). The first-order valence-electron chi connectivity index (χ1n) is 13.1. The number of imide groups is 1. The van der Waals surface area contributed by atoms with Crippen LogP contribution in [0, 0.1) is 0 Å². The third-order valence-electron chi connectivity index (χ3n) is 7.17. The van der Waals surface area contributed by atoms with Gasteiger partial charge in [0.15, 0.2) is 5.82 Å². The van der Waals surface area contributed by atoms with Crippen molar-refractivity contribution in [3.8, 4) is 11.6 Å². The SMILES string of the molecule is O=C1Cc2c(n(CCCC(F)F)c(=O)n(CCCCc3noc(-c4ccccn4)n3)c2=O)C(=O)N1C1CCC1. The smallest absolute Gasteiger partial charge is 0.331 e. The van der Waals surface area contributed by atoms with Gasteiger partial charge in [-0.15, -0.1) is 0 Å². The second-order valence-corrected chi connectivity index (χ2v) is 9.77. The Morgan fingerprint density at radius 1 is 1.03 bits per heavy atom. The lowest BCUT2D eigenvalue weighted by Crippen LogP contribution is -2.56. The number of hydrogen-bond acceptors (Lipinski definition) is 8. The lowest BCUT2D eigenvalue weighted by atomic mass is 9.89. The Morgan fingerprint density at radius 3 is 2.51 bits per heavy atom. The molecule has 1 saturated carbocycles. The Bertz CT molecular complexity index is 1480. The number of nitrogens with zero attached hydrogens (tertiary/aromatic N) is 6. The summed E-state index contributed by atoms with van der Waals surface area (Å²) in [5.41, 5.74) is -1.07. The van der Waals surface area contributed by atoms with Gasteiger partial charge in [0.2, 0.25) is 12.3 Å². The van der Waals surface area contributed by atoms with E-state index < -0.39 is 35.9 Å². The van der Waals surface area contributed by atoms with Gasteiger partial charge in [-0.2, -0.15) is 4.98 Å². The molecular weight excluding hydrogens is 514 g/mol. The molecule has 11 nitrogen and oxygen atoms in total. The minimum Gasteiger partial charge on any atom is -0.332 e. The Balaban J connectivity index is 1.35. The highest BCUT2D eigenvalue weighted by atomic mass is 19.3. The van der Waals surface area contributed by atoms with Gasteiger partial charge in [0, 0.05) is 38.2 Å². The first-order valence-corrected chi connectivity index (χ1v) is 13.1. The lowest BCUT2D eigenvalue weighted by molar-refractivity contribution is -0.131. The molecule has 3 aromatic rings. The van der Waals surface area contributed by atoms with Gasteiger partial charge in [0.25, 0.3) is 17.4 Å². The molecule has 1 aliphatic heterocycles. The first kappa shape index (κ1) is 26.6. The number of aromatic nitrogens is 5. The minimum absolute atomic E-state index is 0.0272. The third-order valence-corrected chi connectivity index (χ3v) is 7.17. The molecule has 0 aromatic carbocycles. The number of amides is 2. The summed E-state index contributed by atoms with van der Waals surface area (Å²) in [5.74, 6) is -0.428. The van der Waals surface area contributed by atoms with Crippen molar-refractivity contribution in [1.82, 2.24) is 29.2 Å². The van der Waals surface area contributed by atoms with Crippen LogP contribution in [0.5, 0.6) is 0 Å². The Morgan fingerprint density at radius 2 is 1.82 bits per heavy atom. The number of pyridine rings is 1. The predicted molar refractivity (Wildman–Crippen MR) is 133 cm³/mol. The molecule has 39 heavy (non-hydrogen) atoms. The summed E-state index contributed by atoms with van der Waals surface area (Å²) < 4.78 is 33.0. The number of halogens is 2. The van der Waals surface area contributed by atoms with E-state index in [0.717, 1.165) is 20.5 Å². The number of aryl methyl sites for hydroxylation is 1. The molecule has 0 saturated heterocycles. The van der Waals surface area contributed by atoms with Crippen molar-refractivity contribution >= 4 is 11.8 Å². The van der Waals surface area contributed by atoms with E-state index in [1.165, 1.54) is 0 Å². The minimum atomic E-state index is -2.56. The fourth-order valence-electron chi connectivity index (χ4n) is 4.95. The summed E-state index contributed by atoms with van der Waals surface area (Å²) in [5, 5.41) is 3.94. The number of carbonyl (C=O) groups excluding carboxylic acids is 2. The number of rotatable bonds is 11. The van der Waals surface area contributed by atoms with Crippen LogP contribution in [0.4, 0.5) is 8.78 Å². The zero-order valence-corrected chi connectivity index (χ0v) is 21.2. The van der Waals surface area contributed by atoms with Gasteiger partial charge < -0.3 is 4.52 Å². The monoisotopic (exact) mass is 542 g/mol. The van der Waals surface area contributed by atoms with Crippen LogP contribution in [0.25, 0.3) is 11.6 Å². The van der Waals surface area contributed by atoms with Crippen LogP contribution in [-0.4, -0.2) is 53.4 Å². The average Bonchev–Trinajstić information content (AvgIpc) is 3.36. The van der Waals surface area contributed by atoms with Crippen molar-refractivity contribution in [3.05, 3.63) is 62.3 Å². The van der Waals surface area contributed by atoms with Gasteiger partial charge >= 0.3 is 5.69 Å². The molecule has 0 unspecified atom stereocenters. The van der Waals surface area contributed by atoms with E-state index >= 15 is 0 Å². The van der Waals surface area contributed by atoms with Crippen molar-refractivity contribution in [1.29, 1.82) is 0 Å². The maximum absolute atomic E-state index is 13.4. The van der Waals surface area contributed by atoms with E-state index in [4.69, 9.17) is 4.52 Å². The van der Waals surface area contributed by atoms with E-state index in [1.54, 1.807) is 24.4 Å². The normalized spacial score (nSPS) is 15.6. The van der Waals surface area contributed by atoms with Crippen molar-refractivity contribution < 1.29 is 22.9 Å². The van der Waals surface area contributed by atoms with E-state index in [0.29, 0.717) is 43.6 Å². The van der Waals surface area contributed by atoms with Gasteiger partial charge in [-0.05, 0) is 50.7 Å². The summed E-state index contributed by atoms with van der Waals surface area (Å²) in [7, 11) is 0. The van der Waals surface area contributed by atoms with E-state index in [1.807, 2.05) is 0 Å². The fraction of sp³-hybridized carbons (Fsp3) is 0.500. The van der Waals surface area contributed by atoms with Crippen LogP contribution in [0.3, 0.4) is 0 Å². The molecule has 206 valence electrons. The molecule has 0 N–H and O–H groups in total. The molecule has 1 fully saturated rings. The summed E-state index contributed by atoms with van der Waals surface area (Å²) in [6.07, 6.45) is 1.80. The molecule has 13 heteroatoms. The highest BCUT2D eigenvalue weighted by molar-refractivity contribution is 6.09. The molecule has 0 radical (unpaired) electrons. The largest absolute Gasteiger partial charge is 0.332 e. The van der Waals surface area contributed by atoms with E-state index in [9.17, 15) is 28.0 Å². The number of unbranched alkanes of at least 4 members (excludes halogenated alkanes) is 1. The molecule has 0 bridgehead atoms. The maximum Gasteiger partial charge on any atom is 0.331 e. The van der Waals surface area contributed by atoms with Gasteiger partial charge in [-0.25, -0.2) is 13.6 Å². The van der Waals surface area contributed by atoms with Crippen molar-refractivity contribution in [2.24, 2.45) is 0 Å². The highest BCUT2D eigenvalue weighted by Crippen LogP contribution is 2.29. The summed E-state index contributed by atoms with van der Waals surface area (Å²) in [6, 6.07) is 5.06. The molecule has 1 aliphatic carbocycles. The van der Waals surface area contributed by atoms with Crippen LogP contribution in [0.1, 0.15) is 66.8 Å². The molecule has 3 aromatic heterocycles. The molecule has 2 aliphatic rings. The molecule has 4 heterocycles. The van der Waals surface area contributed by atoms with Crippen molar-refractivity contribution in [2.45, 2.75) is 83.3 Å². The van der Waals surface area contributed by atoms with Crippen molar-refractivity contribution in [3.63, 3.8) is 0 Å². The van der Waals surface area contributed by atoms with Gasteiger partial charge in [0.05, 0.1) is 12.0 Å². The number of hydrogen-bond donors (Lipinski definition) is 0. The number of carbonyl (C=O) groups is 2. The fourth-order valence-corrected chi connectivity index (χ4v) is 4.95. The average molecular weight is 543 g/mol. The van der Waals surface area contributed by atoms with E-state index in [2.05, 4.69) is 15.1 Å². The predicted octanol–water partition coefficient (Wildman–Crippen LogP) is 2.60. The Hall–Kier alpha value is -4.03. The maximum atomic E-state index is 13.4. The van der Waals surface area contributed by atoms with Crippen LogP contribution in [0.2, 0.25) is 0 Å². The number of alkyl halides is 2. The van der Waals surface area contributed by atoms with E-state index in [-0.39, 0.29) is 49.1 Å². The number of fused-ring (bicyclic) bond motifs is 1. The highest BCUT2D eigenvalue weighted by Gasteiger charge is 2.41. The van der Waals surface area contributed by atoms with Crippen LogP contribution in [0.15, 0.2) is 38.5 Å². The quantitative estimate of drug-likeness (QED) is 0.267. The van der Waals surface area contributed by atoms with Gasteiger partial charge in [0.1, 0.15) is 11.4 Å². The van der Waals surface area contributed by atoms with Gasteiger partial charge in [-0.1, -0.05) is 11.2 Å². The Labute approximate surface area is 221 Å².